The molecule has 3 N–H and O–H groups in total. The number of hydrogen-bond acceptors (Lipinski definition) is 2. The largest absolute Gasteiger partial charge is 0.416 e. The third-order valence-corrected chi connectivity index (χ3v) is 2.67. The third kappa shape index (κ3) is 5.02. The lowest BCUT2D eigenvalue weighted by atomic mass is 10.0. The predicted octanol–water partition coefficient (Wildman–Crippen LogP) is 3.04. The van der Waals surface area contributed by atoms with Gasteiger partial charge in [-0.2, -0.15) is 13.2 Å². The van der Waals surface area contributed by atoms with Crippen molar-refractivity contribution in [3.05, 3.63) is 35.4 Å². The van der Waals surface area contributed by atoms with Crippen LogP contribution in [0.5, 0.6) is 0 Å². The number of halogens is 4. The molecule has 0 aliphatic carbocycles. The van der Waals surface area contributed by atoms with Crippen LogP contribution in [0.2, 0.25) is 0 Å². The van der Waals surface area contributed by atoms with E-state index in [-0.39, 0.29) is 18.3 Å². The van der Waals surface area contributed by atoms with Crippen LogP contribution in [-0.2, 0) is 11.0 Å². The summed E-state index contributed by atoms with van der Waals surface area (Å²) in [5.74, 6) is -0.361. The zero-order valence-corrected chi connectivity index (χ0v) is 12.2. The van der Waals surface area contributed by atoms with E-state index in [1.54, 1.807) is 20.8 Å². The summed E-state index contributed by atoms with van der Waals surface area (Å²) in [6.07, 6.45) is -4.36. The smallest absolute Gasteiger partial charge is 0.348 e. The molecule has 1 atom stereocenters. The Morgan fingerprint density at radius 3 is 2.00 bits per heavy atom. The molecular weight excluding hydrogens is 293 g/mol. The number of benzene rings is 1. The summed E-state index contributed by atoms with van der Waals surface area (Å²) in [5.41, 5.74) is 4.47. The van der Waals surface area contributed by atoms with Crippen molar-refractivity contribution >= 4 is 18.3 Å². The Hall–Kier alpha value is -1.27. The number of hydrogen-bond donors (Lipinski definition) is 2. The average Bonchev–Trinajstić information content (AvgIpc) is 2.26. The summed E-state index contributed by atoms with van der Waals surface area (Å²) in [6, 6.07) is 4.27. The van der Waals surface area contributed by atoms with E-state index in [1.165, 1.54) is 12.1 Å². The summed E-state index contributed by atoms with van der Waals surface area (Å²) >= 11 is 0. The molecule has 0 aromatic heterocycles. The zero-order valence-electron chi connectivity index (χ0n) is 11.4. The van der Waals surface area contributed by atoms with E-state index in [1.807, 2.05) is 0 Å². The first-order valence-electron chi connectivity index (χ1n) is 5.79. The fourth-order valence-corrected chi connectivity index (χ4v) is 1.43. The minimum absolute atomic E-state index is 0. The molecule has 0 saturated heterocycles. The molecule has 0 aliphatic heterocycles. The summed E-state index contributed by atoms with van der Waals surface area (Å²) in [5, 5.41) is 2.65. The maximum absolute atomic E-state index is 12.4. The summed E-state index contributed by atoms with van der Waals surface area (Å²) in [7, 11) is 0. The van der Waals surface area contributed by atoms with Crippen molar-refractivity contribution < 1.29 is 18.0 Å². The zero-order chi connectivity index (χ0) is 14.8. The van der Waals surface area contributed by atoms with Crippen LogP contribution >= 0.6 is 12.4 Å². The van der Waals surface area contributed by atoms with Crippen LogP contribution in [0.15, 0.2) is 24.3 Å². The van der Waals surface area contributed by atoms with Gasteiger partial charge in [0.2, 0.25) is 5.91 Å². The van der Waals surface area contributed by atoms with Gasteiger partial charge in [0.25, 0.3) is 0 Å². The second-order valence-electron chi connectivity index (χ2n) is 5.04. The minimum Gasteiger partial charge on any atom is -0.348 e. The lowest BCUT2D eigenvalue weighted by Gasteiger charge is -2.22. The molecule has 1 aromatic carbocycles. The maximum atomic E-state index is 12.4. The van der Waals surface area contributed by atoms with Gasteiger partial charge in [-0.05, 0) is 38.5 Å². The number of amides is 1. The number of carbonyl (C=O) groups excluding carboxylic acids is 1. The van der Waals surface area contributed by atoms with Crippen molar-refractivity contribution in [1.29, 1.82) is 0 Å². The molecule has 1 unspecified atom stereocenters. The van der Waals surface area contributed by atoms with Gasteiger partial charge in [-0.15, -0.1) is 12.4 Å². The summed E-state index contributed by atoms with van der Waals surface area (Å²) in [6.45, 7) is 4.80. The lowest BCUT2D eigenvalue weighted by molar-refractivity contribution is -0.137. The van der Waals surface area contributed by atoms with Crippen molar-refractivity contribution in [1.82, 2.24) is 5.32 Å². The van der Waals surface area contributed by atoms with Gasteiger partial charge < -0.3 is 11.1 Å². The number of nitrogens with one attached hydrogen (secondary N) is 1. The minimum atomic E-state index is -4.36. The van der Waals surface area contributed by atoms with E-state index in [9.17, 15) is 18.0 Å². The average molecular weight is 311 g/mol. The van der Waals surface area contributed by atoms with E-state index < -0.39 is 23.3 Å². The molecule has 0 aliphatic rings. The van der Waals surface area contributed by atoms with Gasteiger partial charge in [0, 0.05) is 0 Å². The van der Waals surface area contributed by atoms with Crippen LogP contribution < -0.4 is 11.1 Å². The lowest BCUT2D eigenvalue weighted by Crippen LogP contribution is -2.49. The van der Waals surface area contributed by atoms with Crippen molar-refractivity contribution in [3.63, 3.8) is 0 Å². The number of rotatable bonds is 3. The van der Waals surface area contributed by atoms with Crippen LogP contribution in [0.1, 0.15) is 37.9 Å². The van der Waals surface area contributed by atoms with E-state index in [2.05, 4.69) is 5.32 Å². The predicted molar refractivity (Wildman–Crippen MR) is 73.5 cm³/mol. The van der Waals surface area contributed by atoms with Crippen LogP contribution in [0, 0.1) is 0 Å². The summed E-state index contributed by atoms with van der Waals surface area (Å²) < 4.78 is 37.2. The fourth-order valence-electron chi connectivity index (χ4n) is 1.43. The van der Waals surface area contributed by atoms with Gasteiger partial charge >= 0.3 is 6.18 Å². The van der Waals surface area contributed by atoms with Crippen molar-refractivity contribution in [2.24, 2.45) is 5.73 Å². The van der Waals surface area contributed by atoms with Crippen molar-refractivity contribution in [2.45, 2.75) is 38.5 Å². The quantitative estimate of drug-likeness (QED) is 0.901. The van der Waals surface area contributed by atoms with Gasteiger partial charge in [0.05, 0.1) is 17.1 Å². The van der Waals surface area contributed by atoms with Gasteiger partial charge in [0.15, 0.2) is 0 Å². The molecule has 0 radical (unpaired) electrons. The van der Waals surface area contributed by atoms with Crippen LogP contribution in [0.3, 0.4) is 0 Å². The molecule has 114 valence electrons. The number of carbonyl (C=O) groups is 1. The Morgan fingerprint density at radius 2 is 1.65 bits per heavy atom. The molecular formula is C13H18ClF3N2O. The molecule has 1 rings (SSSR count). The second kappa shape index (κ2) is 6.45. The number of alkyl halides is 3. The van der Waals surface area contributed by atoms with Crippen LogP contribution in [0.25, 0.3) is 0 Å². The van der Waals surface area contributed by atoms with E-state index in [0.29, 0.717) is 5.56 Å². The normalized spacial score (nSPS) is 13.3. The van der Waals surface area contributed by atoms with Gasteiger partial charge in [-0.1, -0.05) is 12.1 Å². The number of nitrogens with two attached hydrogens (primary N) is 1. The van der Waals surface area contributed by atoms with E-state index >= 15 is 0 Å². The Bertz CT molecular complexity index is 452. The SMILES string of the molecule is CC(NC(=O)C(C)(C)N)c1ccc(C(F)(F)F)cc1.Cl. The fraction of sp³-hybridized carbons (Fsp3) is 0.462. The molecule has 0 saturated carbocycles. The highest BCUT2D eigenvalue weighted by molar-refractivity contribution is 5.85. The van der Waals surface area contributed by atoms with Crippen molar-refractivity contribution in [2.75, 3.05) is 0 Å². The molecule has 0 bridgehead atoms. The van der Waals surface area contributed by atoms with Crippen LogP contribution in [0.4, 0.5) is 13.2 Å². The maximum Gasteiger partial charge on any atom is 0.416 e. The van der Waals surface area contributed by atoms with Gasteiger partial charge in [-0.3, -0.25) is 4.79 Å². The third-order valence-electron chi connectivity index (χ3n) is 2.67. The molecule has 0 fully saturated rings. The Kier molecular flexibility index (Phi) is 6.04. The van der Waals surface area contributed by atoms with Gasteiger partial charge in [-0.25, -0.2) is 0 Å². The van der Waals surface area contributed by atoms with Crippen LogP contribution in [-0.4, -0.2) is 11.4 Å². The van der Waals surface area contributed by atoms with Gasteiger partial charge in [0.1, 0.15) is 0 Å². The molecule has 3 nitrogen and oxygen atoms in total. The molecule has 7 heteroatoms. The molecule has 20 heavy (non-hydrogen) atoms. The highest BCUT2D eigenvalue weighted by atomic mass is 35.5. The highest BCUT2D eigenvalue weighted by Crippen LogP contribution is 2.29. The standard InChI is InChI=1S/C13H17F3N2O.ClH/c1-8(18-11(19)12(2,3)17)9-4-6-10(7-5-9)13(14,15)16;/h4-8H,17H2,1-3H3,(H,18,19);1H. The second-order valence-corrected chi connectivity index (χ2v) is 5.04. The Labute approximate surface area is 122 Å². The molecule has 1 amide bonds. The highest BCUT2D eigenvalue weighted by Gasteiger charge is 2.30. The Morgan fingerprint density at radius 1 is 1.20 bits per heavy atom. The monoisotopic (exact) mass is 310 g/mol. The van der Waals surface area contributed by atoms with Crippen molar-refractivity contribution in [3.8, 4) is 0 Å². The molecule has 0 heterocycles. The first kappa shape index (κ1) is 18.7. The Balaban J connectivity index is 0.00000361. The van der Waals surface area contributed by atoms with E-state index in [0.717, 1.165) is 12.1 Å². The van der Waals surface area contributed by atoms with E-state index in [4.69, 9.17) is 5.73 Å². The first-order chi connectivity index (χ1) is 8.51. The molecule has 0 spiro atoms. The summed E-state index contributed by atoms with van der Waals surface area (Å²) in [4.78, 5) is 11.7. The topological polar surface area (TPSA) is 55.1 Å². The molecule has 1 aromatic rings. The first-order valence-corrected chi connectivity index (χ1v) is 5.79.